The van der Waals surface area contributed by atoms with E-state index in [2.05, 4.69) is 27.3 Å². The Kier molecular flexibility index (Phi) is 6.93. The lowest BCUT2D eigenvalue weighted by atomic mass is 10.0. The number of nitriles is 1. The number of hydrogen-bond acceptors (Lipinski definition) is 8. The van der Waals surface area contributed by atoms with E-state index >= 15 is 0 Å². The van der Waals surface area contributed by atoms with E-state index in [1.54, 1.807) is 0 Å². The van der Waals surface area contributed by atoms with Gasteiger partial charge in [-0.1, -0.05) is 48.5 Å². The third kappa shape index (κ3) is 5.33. The van der Waals surface area contributed by atoms with Gasteiger partial charge in [-0.15, -0.1) is 0 Å². The summed E-state index contributed by atoms with van der Waals surface area (Å²) in [6.45, 7) is 4.42. The number of anilines is 1. The van der Waals surface area contributed by atoms with Crippen molar-refractivity contribution in [3.05, 3.63) is 89.6 Å². The van der Waals surface area contributed by atoms with Gasteiger partial charge < -0.3 is 19.7 Å². The van der Waals surface area contributed by atoms with Crippen LogP contribution in [-0.2, 0) is 17.9 Å². The Labute approximate surface area is 226 Å². The van der Waals surface area contributed by atoms with Crippen LogP contribution < -0.4 is 19.7 Å². The molecule has 9 heteroatoms. The van der Waals surface area contributed by atoms with E-state index in [4.69, 9.17) is 19.4 Å². The first kappa shape index (κ1) is 24.6. The van der Waals surface area contributed by atoms with Gasteiger partial charge in [-0.05, 0) is 35.4 Å². The maximum Gasteiger partial charge on any atom is 0.243 e. The number of piperazine rings is 1. The second kappa shape index (κ2) is 11.0. The Hall–Kier alpha value is -4.68. The highest BCUT2D eigenvalue weighted by Gasteiger charge is 2.30. The molecular weight excluding hydrogens is 492 g/mol. The molecule has 1 N–H and O–H groups in total. The van der Waals surface area contributed by atoms with E-state index in [0.29, 0.717) is 36.7 Å². The molecular formula is C30H28N6O3. The number of nitrogens with zero attached hydrogens (tertiary/aromatic N) is 5. The van der Waals surface area contributed by atoms with Gasteiger partial charge in [-0.25, -0.2) is 9.97 Å². The number of aromatic nitrogens is 2. The van der Waals surface area contributed by atoms with Crippen LogP contribution in [-0.4, -0.2) is 53.7 Å². The number of carbonyl (C=O) groups excluding carboxylic acids is 1. The Morgan fingerprint density at radius 3 is 2.38 bits per heavy atom. The molecule has 2 aliphatic heterocycles. The van der Waals surface area contributed by atoms with Gasteiger partial charge in [-0.3, -0.25) is 9.69 Å². The van der Waals surface area contributed by atoms with Crippen LogP contribution in [0.15, 0.2) is 72.8 Å². The van der Waals surface area contributed by atoms with Gasteiger partial charge in [0.15, 0.2) is 23.2 Å². The molecule has 6 rings (SSSR count). The second-order valence-corrected chi connectivity index (χ2v) is 9.64. The lowest BCUT2D eigenvalue weighted by molar-refractivity contribution is -0.121. The first-order valence-electron chi connectivity index (χ1n) is 13.0. The van der Waals surface area contributed by atoms with Gasteiger partial charge in [0.1, 0.15) is 5.69 Å². The smallest absolute Gasteiger partial charge is 0.243 e. The molecule has 9 nitrogen and oxygen atoms in total. The Balaban J connectivity index is 1.20. The normalized spacial score (nSPS) is 15.6. The molecule has 0 saturated carbocycles. The maximum atomic E-state index is 13.2. The summed E-state index contributed by atoms with van der Waals surface area (Å²) in [4.78, 5) is 27.4. The molecule has 1 amide bonds. The summed E-state index contributed by atoms with van der Waals surface area (Å²) in [5, 5.41) is 13.0. The molecule has 2 aliphatic rings. The van der Waals surface area contributed by atoms with Gasteiger partial charge in [0.05, 0.1) is 17.1 Å². The fraction of sp³-hybridized carbons (Fsp3) is 0.267. The van der Waals surface area contributed by atoms with E-state index in [0.717, 1.165) is 42.2 Å². The summed E-state index contributed by atoms with van der Waals surface area (Å²) in [5.74, 6) is 0.708. The minimum atomic E-state index is -1.08. The van der Waals surface area contributed by atoms with Gasteiger partial charge in [0.2, 0.25) is 12.7 Å². The molecule has 1 saturated heterocycles. The minimum Gasteiger partial charge on any atom is -0.454 e. The molecule has 0 bridgehead atoms. The maximum absolute atomic E-state index is 13.2. The lowest BCUT2D eigenvalue weighted by Crippen LogP contribution is -2.47. The SMILES string of the molecule is N#C[C@@H](C(=O)NCc1ccccc1)c1nc2ccccc2nc1N1CCN(Cc2ccc3c(c2)OCO3)CC1. The zero-order valence-corrected chi connectivity index (χ0v) is 21.4. The fourth-order valence-corrected chi connectivity index (χ4v) is 4.98. The van der Waals surface area contributed by atoms with E-state index in [-0.39, 0.29) is 12.7 Å². The number of nitrogens with one attached hydrogen (secondary N) is 1. The van der Waals surface area contributed by atoms with Crippen molar-refractivity contribution >= 4 is 22.8 Å². The summed E-state index contributed by atoms with van der Waals surface area (Å²) in [5.41, 5.74) is 3.92. The number of ether oxygens (including phenoxy) is 2. The number of fused-ring (bicyclic) bond motifs is 2. The number of benzene rings is 3. The highest BCUT2D eigenvalue weighted by atomic mass is 16.7. The molecule has 4 aromatic rings. The van der Waals surface area contributed by atoms with Crippen molar-refractivity contribution in [1.29, 1.82) is 5.26 Å². The van der Waals surface area contributed by atoms with Crippen LogP contribution in [0.3, 0.4) is 0 Å². The Bertz CT molecular complexity index is 1530. The van der Waals surface area contributed by atoms with Crippen molar-refractivity contribution in [1.82, 2.24) is 20.2 Å². The summed E-state index contributed by atoms with van der Waals surface area (Å²) in [6.07, 6.45) is 0. The topological polar surface area (TPSA) is 104 Å². The van der Waals surface area contributed by atoms with Crippen LogP contribution in [0.25, 0.3) is 11.0 Å². The molecule has 0 unspecified atom stereocenters. The van der Waals surface area contributed by atoms with Crippen molar-refractivity contribution < 1.29 is 14.3 Å². The van der Waals surface area contributed by atoms with Crippen LogP contribution in [0.1, 0.15) is 22.7 Å². The monoisotopic (exact) mass is 520 g/mol. The van der Waals surface area contributed by atoms with E-state index in [9.17, 15) is 10.1 Å². The Morgan fingerprint density at radius 2 is 1.62 bits per heavy atom. The number of amides is 1. The summed E-state index contributed by atoms with van der Waals surface area (Å²) in [7, 11) is 0. The predicted molar refractivity (Wildman–Crippen MR) is 146 cm³/mol. The van der Waals surface area contributed by atoms with Crippen molar-refractivity contribution in [3.8, 4) is 17.6 Å². The number of rotatable bonds is 7. The summed E-state index contributed by atoms with van der Waals surface area (Å²) < 4.78 is 10.9. The van der Waals surface area contributed by atoms with Gasteiger partial charge in [-0.2, -0.15) is 5.26 Å². The molecule has 1 aromatic heterocycles. The van der Waals surface area contributed by atoms with E-state index in [1.165, 1.54) is 5.56 Å². The van der Waals surface area contributed by atoms with Crippen molar-refractivity contribution in [2.75, 3.05) is 37.9 Å². The third-order valence-corrected chi connectivity index (χ3v) is 7.07. The van der Waals surface area contributed by atoms with Crippen molar-refractivity contribution in [2.45, 2.75) is 19.0 Å². The summed E-state index contributed by atoms with van der Waals surface area (Å²) in [6, 6.07) is 25.4. The first-order chi connectivity index (χ1) is 19.2. The fourth-order valence-electron chi connectivity index (χ4n) is 4.98. The highest BCUT2D eigenvalue weighted by molar-refractivity contribution is 5.88. The Morgan fingerprint density at radius 1 is 0.897 bits per heavy atom. The van der Waals surface area contributed by atoms with Gasteiger partial charge in [0, 0.05) is 39.3 Å². The second-order valence-electron chi connectivity index (χ2n) is 9.64. The number of carbonyl (C=O) groups is 1. The quantitative estimate of drug-likeness (QED) is 0.394. The molecule has 3 heterocycles. The molecule has 0 aliphatic carbocycles. The predicted octanol–water partition coefficient (Wildman–Crippen LogP) is 3.60. The third-order valence-electron chi connectivity index (χ3n) is 7.07. The van der Waals surface area contributed by atoms with Crippen LogP contribution in [0.5, 0.6) is 11.5 Å². The molecule has 39 heavy (non-hydrogen) atoms. The van der Waals surface area contributed by atoms with E-state index < -0.39 is 5.92 Å². The van der Waals surface area contributed by atoms with Crippen LogP contribution in [0.2, 0.25) is 0 Å². The highest BCUT2D eigenvalue weighted by Crippen LogP contribution is 2.33. The molecule has 0 spiro atoms. The van der Waals surface area contributed by atoms with E-state index in [1.807, 2.05) is 66.7 Å². The number of para-hydroxylation sites is 2. The van der Waals surface area contributed by atoms with Crippen LogP contribution in [0.4, 0.5) is 5.82 Å². The van der Waals surface area contributed by atoms with Crippen LogP contribution >= 0.6 is 0 Å². The van der Waals surface area contributed by atoms with Crippen LogP contribution in [0, 0.1) is 11.3 Å². The largest absolute Gasteiger partial charge is 0.454 e. The van der Waals surface area contributed by atoms with Gasteiger partial charge in [0.25, 0.3) is 0 Å². The average molecular weight is 521 g/mol. The lowest BCUT2D eigenvalue weighted by Gasteiger charge is -2.36. The standard InChI is InChI=1S/C30H28N6O3/c31-17-23(30(37)32-18-21-6-2-1-3-7-21)28-29(34-25-9-5-4-8-24(25)33-28)36-14-12-35(13-15-36)19-22-10-11-26-27(16-22)39-20-38-26/h1-11,16,23H,12-15,18-20H2,(H,32,37)/t23-/m1/s1. The number of hydrogen-bond donors (Lipinski definition) is 1. The zero-order valence-electron chi connectivity index (χ0n) is 21.4. The molecule has 1 atom stereocenters. The first-order valence-corrected chi connectivity index (χ1v) is 13.0. The van der Waals surface area contributed by atoms with Gasteiger partial charge >= 0.3 is 0 Å². The van der Waals surface area contributed by atoms with Crippen molar-refractivity contribution in [2.24, 2.45) is 0 Å². The summed E-state index contributed by atoms with van der Waals surface area (Å²) >= 11 is 0. The average Bonchev–Trinajstić information content (AvgIpc) is 3.45. The minimum absolute atomic E-state index is 0.264. The van der Waals surface area contributed by atoms with Crippen molar-refractivity contribution in [3.63, 3.8) is 0 Å². The molecule has 196 valence electrons. The zero-order chi connectivity index (χ0) is 26.6. The molecule has 1 fully saturated rings. The molecule has 3 aromatic carbocycles. The molecule has 0 radical (unpaired) electrons.